The number of benzene rings is 1. The molecule has 4 rings (SSSR count). The van der Waals surface area contributed by atoms with Crippen LogP contribution in [0.15, 0.2) is 42.6 Å². The second-order valence-electron chi connectivity index (χ2n) is 7.04. The molecule has 1 saturated heterocycles. The molecule has 5 nitrogen and oxygen atoms in total. The van der Waals surface area contributed by atoms with Crippen LogP contribution in [-0.2, 0) is 13.0 Å². The first-order chi connectivity index (χ1) is 12.7. The number of fused-ring (bicyclic) bond motifs is 1. The fourth-order valence-electron chi connectivity index (χ4n) is 3.92. The average molecular weight is 348 g/mol. The van der Waals surface area contributed by atoms with Crippen LogP contribution in [0.2, 0.25) is 0 Å². The monoisotopic (exact) mass is 348 g/mol. The van der Waals surface area contributed by atoms with Crippen molar-refractivity contribution in [2.45, 2.75) is 33.2 Å². The Balaban J connectivity index is 1.50. The third-order valence-electron chi connectivity index (χ3n) is 5.32. The van der Waals surface area contributed by atoms with Gasteiger partial charge in [-0.1, -0.05) is 18.2 Å². The van der Waals surface area contributed by atoms with Crippen molar-refractivity contribution in [1.29, 1.82) is 0 Å². The zero-order valence-electron chi connectivity index (χ0n) is 15.4. The first-order valence-corrected chi connectivity index (χ1v) is 9.32. The number of carbonyl (C=O) groups is 1. The number of rotatable bonds is 4. The summed E-state index contributed by atoms with van der Waals surface area (Å²) < 4.78 is 2.20. The first kappa shape index (κ1) is 16.8. The highest BCUT2D eigenvalue weighted by Crippen LogP contribution is 2.24. The molecule has 2 aromatic heterocycles. The zero-order valence-corrected chi connectivity index (χ0v) is 15.4. The van der Waals surface area contributed by atoms with Crippen molar-refractivity contribution in [3.8, 4) is 0 Å². The van der Waals surface area contributed by atoms with Gasteiger partial charge in [0.15, 0.2) is 5.65 Å². The molecule has 1 fully saturated rings. The number of imidazole rings is 1. The molecular weight excluding hydrogens is 324 g/mol. The molecule has 0 radical (unpaired) electrons. The van der Waals surface area contributed by atoms with Crippen LogP contribution in [0.1, 0.15) is 35.1 Å². The highest BCUT2D eigenvalue weighted by molar-refractivity contribution is 5.95. The lowest BCUT2D eigenvalue weighted by atomic mass is 10.0. The molecule has 134 valence electrons. The number of pyridine rings is 1. The Kier molecular flexibility index (Phi) is 4.45. The highest BCUT2D eigenvalue weighted by atomic mass is 16.2. The van der Waals surface area contributed by atoms with Crippen molar-refractivity contribution in [2.24, 2.45) is 5.92 Å². The van der Waals surface area contributed by atoms with Gasteiger partial charge in [0.2, 0.25) is 0 Å². The molecule has 0 spiro atoms. The summed E-state index contributed by atoms with van der Waals surface area (Å²) in [5, 5.41) is 0. The second-order valence-corrected chi connectivity index (χ2v) is 7.04. The summed E-state index contributed by atoms with van der Waals surface area (Å²) in [4.78, 5) is 24.1. The van der Waals surface area contributed by atoms with Crippen LogP contribution in [0.25, 0.3) is 11.2 Å². The fraction of sp³-hybridized carbons (Fsp3) is 0.381. The van der Waals surface area contributed by atoms with Crippen molar-refractivity contribution in [3.05, 3.63) is 59.5 Å². The van der Waals surface area contributed by atoms with E-state index < -0.39 is 0 Å². The molecular formula is C21H24N4O. The molecule has 0 N–H and O–H groups in total. The summed E-state index contributed by atoms with van der Waals surface area (Å²) in [5.41, 5.74) is 3.77. The van der Waals surface area contributed by atoms with E-state index in [0.29, 0.717) is 5.92 Å². The number of likely N-dealkylation sites (tertiary alicyclic amines) is 1. The SMILES string of the molecule is CCn1c(CC2CCN(C(=O)c3ccccc3C)C2)nc2cccnc21. The molecule has 1 atom stereocenters. The van der Waals surface area contributed by atoms with Crippen LogP contribution in [0.3, 0.4) is 0 Å². The van der Waals surface area contributed by atoms with Crippen LogP contribution in [0, 0.1) is 12.8 Å². The van der Waals surface area contributed by atoms with E-state index in [9.17, 15) is 4.79 Å². The van der Waals surface area contributed by atoms with Crippen molar-refractivity contribution in [3.63, 3.8) is 0 Å². The Morgan fingerprint density at radius 2 is 2.08 bits per heavy atom. The number of amides is 1. The quantitative estimate of drug-likeness (QED) is 0.725. The lowest BCUT2D eigenvalue weighted by Crippen LogP contribution is -2.29. The van der Waals surface area contributed by atoms with Gasteiger partial charge in [-0.05, 0) is 49.9 Å². The Bertz CT molecular complexity index is 946. The minimum Gasteiger partial charge on any atom is -0.338 e. The summed E-state index contributed by atoms with van der Waals surface area (Å²) in [6.07, 6.45) is 3.73. The van der Waals surface area contributed by atoms with Crippen LogP contribution in [-0.4, -0.2) is 38.4 Å². The van der Waals surface area contributed by atoms with Crippen molar-refractivity contribution in [1.82, 2.24) is 19.4 Å². The van der Waals surface area contributed by atoms with Crippen LogP contribution < -0.4 is 0 Å². The molecule has 1 aliphatic rings. The predicted molar refractivity (Wildman–Crippen MR) is 102 cm³/mol. The topological polar surface area (TPSA) is 51.0 Å². The van der Waals surface area contributed by atoms with E-state index in [1.165, 1.54) is 0 Å². The van der Waals surface area contributed by atoms with E-state index >= 15 is 0 Å². The molecule has 26 heavy (non-hydrogen) atoms. The standard InChI is InChI=1S/C21H24N4O/c1-3-25-19(23-18-9-6-11-22-20(18)25)13-16-10-12-24(14-16)21(26)17-8-5-4-7-15(17)2/h4-9,11,16H,3,10,12-14H2,1-2H3. The Morgan fingerprint density at radius 3 is 2.88 bits per heavy atom. The second kappa shape index (κ2) is 6.90. The first-order valence-electron chi connectivity index (χ1n) is 9.32. The largest absolute Gasteiger partial charge is 0.338 e. The van der Waals surface area contributed by atoms with Gasteiger partial charge >= 0.3 is 0 Å². The normalized spacial score (nSPS) is 17.2. The highest BCUT2D eigenvalue weighted by Gasteiger charge is 2.29. The molecule has 0 saturated carbocycles. The summed E-state index contributed by atoms with van der Waals surface area (Å²) in [6.45, 7) is 6.61. The van der Waals surface area contributed by atoms with E-state index in [1.807, 2.05) is 54.4 Å². The number of aromatic nitrogens is 3. The number of hydrogen-bond donors (Lipinski definition) is 0. The summed E-state index contributed by atoms with van der Waals surface area (Å²) >= 11 is 0. The van der Waals surface area contributed by atoms with E-state index in [1.54, 1.807) is 0 Å². The molecule has 5 heteroatoms. The average Bonchev–Trinajstić information content (AvgIpc) is 3.25. The molecule has 1 aromatic carbocycles. The Hall–Kier alpha value is -2.69. The van der Waals surface area contributed by atoms with Gasteiger partial charge in [-0.15, -0.1) is 0 Å². The van der Waals surface area contributed by atoms with Crippen LogP contribution >= 0.6 is 0 Å². The summed E-state index contributed by atoms with van der Waals surface area (Å²) in [5.74, 6) is 1.68. The van der Waals surface area contributed by atoms with Gasteiger partial charge in [-0.2, -0.15) is 0 Å². The molecule has 3 aromatic rings. The van der Waals surface area contributed by atoms with Crippen molar-refractivity contribution >= 4 is 17.1 Å². The maximum absolute atomic E-state index is 12.8. The van der Waals surface area contributed by atoms with E-state index in [-0.39, 0.29) is 5.91 Å². The molecule has 1 unspecified atom stereocenters. The number of nitrogens with zero attached hydrogens (tertiary/aromatic N) is 4. The van der Waals surface area contributed by atoms with Crippen molar-refractivity contribution in [2.75, 3.05) is 13.1 Å². The maximum atomic E-state index is 12.8. The summed E-state index contributed by atoms with van der Waals surface area (Å²) in [7, 11) is 0. The minimum absolute atomic E-state index is 0.149. The van der Waals surface area contributed by atoms with Gasteiger partial charge in [0.1, 0.15) is 11.3 Å². The van der Waals surface area contributed by atoms with E-state index in [2.05, 4.69) is 16.5 Å². The maximum Gasteiger partial charge on any atom is 0.254 e. The van der Waals surface area contributed by atoms with Crippen LogP contribution in [0.5, 0.6) is 0 Å². The van der Waals surface area contributed by atoms with Gasteiger partial charge in [-0.3, -0.25) is 4.79 Å². The number of aryl methyl sites for hydroxylation is 2. The molecule has 0 aliphatic carbocycles. The van der Waals surface area contributed by atoms with E-state index in [4.69, 9.17) is 4.98 Å². The molecule has 0 bridgehead atoms. The molecule has 1 aliphatic heterocycles. The zero-order chi connectivity index (χ0) is 18.1. The fourth-order valence-corrected chi connectivity index (χ4v) is 3.92. The van der Waals surface area contributed by atoms with Gasteiger partial charge in [0, 0.05) is 37.8 Å². The van der Waals surface area contributed by atoms with Crippen molar-refractivity contribution < 1.29 is 4.79 Å². The lowest BCUT2D eigenvalue weighted by Gasteiger charge is -2.18. The predicted octanol–water partition coefficient (Wildman–Crippen LogP) is 3.46. The summed E-state index contributed by atoms with van der Waals surface area (Å²) in [6, 6.07) is 11.8. The number of carbonyl (C=O) groups excluding carboxylic acids is 1. The lowest BCUT2D eigenvalue weighted by molar-refractivity contribution is 0.0786. The van der Waals surface area contributed by atoms with E-state index in [0.717, 1.165) is 60.6 Å². The third-order valence-corrected chi connectivity index (χ3v) is 5.32. The van der Waals surface area contributed by atoms with Crippen LogP contribution in [0.4, 0.5) is 0 Å². The minimum atomic E-state index is 0.149. The van der Waals surface area contributed by atoms with Gasteiger partial charge in [0.25, 0.3) is 5.91 Å². The molecule has 1 amide bonds. The van der Waals surface area contributed by atoms with Gasteiger partial charge < -0.3 is 9.47 Å². The van der Waals surface area contributed by atoms with Gasteiger partial charge in [0.05, 0.1) is 0 Å². The molecule has 3 heterocycles. The smallest absolute Gasteiger partial charge is 0.254 e. The Morgan fingerprint density at radius 1 is 1.23 bits per heavy atom. The number of hydrogen-bond acceptors (Lipinski definition) is 3. The van der Waals surface area contributed by atoms with Gasteiger partial charge in [-0.25, -0.2) is 9.97 Å². The third kappa shape index (κ3) is 2.98. The Labute approximate surface area is 153 Å².